The smallest absolute Gasteiger partial charge is 0.226 e. The maximum atomic E-state index is 10.5. The van der Waals surface area contributed by atoms with Crippen molar-refractivity contribution < 1.29 is 13.9 Å². The van der Waals surface area contributed by atoms with Crippen molar-refractivity contribution in [1.82, 2.24) is 4.98 Å². The van der Waals surface area contributed by atoms with Crippen molar-refractivity contribution >= 4 is 6.29 Å². The highest BCUT2D eigenvalue weighted by atomic mass is 16.5. The average molecular weight is 307 g/mol. The molecule has 0 fully saturated rings. The third kappa shape index (κ3) is 3.66. The number of rotatable bonds is 6. The molecule has 1 aromatic heterocycles. The van der Waals surface area contributed by atoms with Crippen LogP contribution in [-0.4, -0.2) is 11.3 Å². The Balaban J connectivity index is 1.68. The summed E-state index contributed by atoms with van der Waals surface area (Å²) in [5.74, 6) is 2.09. The zero-order valence-electron chi connectivity index (χ0n) is 12.9. The number of carbonyl (C=O) groups is 1. The van der Waals surface area contributed by atoms with E-state index < -0.39 is 0 Å². The average Bonchev–Trinajstić information content (AvgIpc) is 2.96. The molecular formula is C19H17NO3. The zero-order chi connectivity index (χ0) is 16.1. The highest BCUT2D eigenvalue weighted by molar-refractivity contribution is 5.55. The lowest BCUT2D eigenvalue weighted by molar-refractivity contribution is -0.107. The van der Waals surface area contributed by atoms with Gasteiger partial charge in [0.15, 0.2) is 0 Å². The Kier molecular flexibility index (Phi) is 4.52. The molecule has 0 aliphatic heterocycles. The van der Waals surface area contributed by atoms with Crippen molar-refractivity contribution in [2.24, 2.45) is 0 Å². The molecule has 4 heteroatoms. The van der Waals surface area contributed by atoms with Gasteiger partial charge in [-0.25, -0.2) is 4.98 Å². The Morgan fingerprint density at radius 1 is 1.09 bits per heavy atom. The lowest BCUT2D eigenvalue weighted by Crippen LogP contribution is -1.98. The fourth-order valence-electron chi connectivity index (χ4n) is 2.24. The zero-order valence-corrected chi connectivity index (χ0v) is 12.9. The highest BCUT2D eigenvalue weighted by Gasteiger charge is 2.11. The number of aromatic nitrogens is 1. The molecule has 0 atom stereocenters. The van der Waals surface area contributed by atoms with Gasteiger partial charge >= 0.3 is 0 Å². The molecule has 0 aliphatic carbocycles. The summed E-state index contributed by atoms with van der Waals surface area (Å²) in [6.45, 7) is 2.22. The SMILES string of the molecule is Cc1oc(-c2ccccc2)nc1COc1ccc(CC=O)cc1. The molecule has 1 heterocycles. The minimum Gasteiger partial charge on any atom is -0.487 e. The summed E-state index contributed by atoms with van der Waals surface area (Å²) in [5.41, 5.74) is 2.69. The molecule has 0 saturated heterocycles. The van der Waals surface area contributed by atoms with E-state index in [-0.39, 0.29) is 0 Å². The summed E-state index contributed by atoms with van der Waals surface area (Å²) in [6, 6.07) is 17.3. The largest absolute Gasteiger partial charge is 0.487 e. The molecular weight excluding hydrogens is 290 g/mol. The van der Waals surface area contributed by atoms with Crippen LogP contribution < -0.4 is 4.74 Å². The van der Waals surface area contributed by atoms with E-state index in [0.29, 0.717) is 18.9 Å². The third-order valence-corrected chi connectivity index (χ3v) is 3.53. The molecule has 3 rings (SSSR count). The molecule has 0 N–H and O–H groups in total. The number of hydrogen-bond donors (Lipinski definition) is 0. The lowest BCUT2D eigenvalue weighted by atomic mass is 10.2. The number of oxazole rings is 1. The Morgan fingerprint density at radius 2 is 1.83 bits per heavy atom. The van der Waals surface area contributed by atoms with Crippen molar-refractivity contribution in [1.29, 1.82) is 0 Å². The van der Waals surface area contributed by atoms with E-state index in [9.17, 15) is 4.79 Å². The van der Waals surface area contributed by atoms with E-state index in [1.54, 1.807) is 0 Å². The Labute approximate surface area is 134 Å². The number of aldehydes is 1. The lowest BCUT2D eigenvalue weighted by Gasteiger charge is -2.05. The van der Waals surface area contributed by atoms with E-state index >= 15 is 0 Å². The van der Waals surface area contributed by atoms with E-state index in [1.807, 2.05) is 61.5 Å². The van der Waals surface area contributed by atoms with Crippen molar-refractivity contribution in [2.75, 3.05) is 0 Å². The van der Waals surface area contributed by atoms with Gasteiger partial charge in [0.25, 0.3) is 0 Å². The topological polar surface area (TPSA) is 52.3 Å². The van der Waals surface area contributed by atoms with Crippen molar-refractivity contribution in [3.8, 4) is 17.2 Å². The Hall–Kier alpha value is -2.88. The molecule has 0 saturated carbocycles. The van der Waals surface area contributed by atoms with Crippen LogP contribution in [0.25, 0.3) is 11.5 Å². The number of nitrogens with zero attached hydrogens (tertiary/aromatic N) is 1. The van der Waals surface area contributed by atoms with Gasteiger partial charge in [0.2, 0.25) is 5.89 Å². The minimum atomic E-state index is 0.342. The molecule has 0 aliphatic rings. The highest BCUT2D eigenvalue weighted by Crippen LogP contribution is 2.22. The molecule has 3 aromatic rings. The van der Waals surface area contributed by atoms with Crippen molar-refractivity contribution in [3.63, 3.8) is 0 Å². The van der Waals surface area contributed by atoms with Crippen molar-refractivity contribution in [3.05, 3.63) is 71.6 Å². The molecule has 23 heavy (non-hydrogen) atoms. The van der Waals surface area contributed by atoms with E-state index in [0.717, 1.165) is 34.6 Å². The second-order valence-electron chi connectivity index (χ2n) is 5.19. The molecule has 0 bridgehead atoms. The first-order chi connectivity index (χ1) is 11.3. The van der Waals surface area contributed by atoms with E-state index in [2.05, 4.69) is 4.98 Å². The summed E-state index contributed by atoms with van der Waals surface area (Å²) in [5, 5.41) is 0. The predicted octanol–water partition coefficient (Wildman–Crippen LogP) is 3.97. The molecule has 0 spiro atoms. The first kappa shape index (κ1) is 15.0. The summed E-state index contributed by atoms with van der Waals surface area (Å²) < 4.78 is 11.5. The van der Waals surface area contributed by atoms with Crippen LogP contribution >= 0.6 is 0 Å². The van der Waals surface area contributed by atoms with Gasteiger partial charge in [-0.05, 0) is 36.8 Å². The van der Waals surface area contributed by atoms with Gasteiger partial charge in [0, 0.05) is 12.0 Å². The maximum Gasteiger partial charge on any atom is 0.226 e. The normalized spacial score (nSPS) is 10.5. The number of aryl methyl sites for hydroxylation is 1. The van der Waals surface area contributed by atoms with Crippen LogP contribution in [0.2, 0.25) is 0 Å². The molecule has 4 nitrogen and oxygen atoms in total. The van der Waals surface area contributed by atoms with Gasteiger partial charge < -0.3 is 13.9 Å². The fourth-order valence-corrected chi connectivity index (χ4v) is 2.24. The van der Waals surface area contributed by atoms with E-state index in [4.69, 9.17) is 9.15 Å². The number of benzene rings is 2. The summed E-state index contributed by atoms with van der Waals surface area (Å²) in [4.78, 5) is 15.0. The van der Waals surface area contributed by atoms with Crippen LogP contribution in [0.5, 0.6) is 5.75 Å². The molecule has 0 amide bonds. The molecule has 116 valence electrons. The Morgan fingerprint density at radius 3 is 2.52 bits per heavy atom. The second-order valence-corrected chi connectivity index (χ2v) is 5.19. The van der Waals surface area contributed by atoms with Crippen LogP contribution in [0.3, 0.4) is 0 Å². The minimum absolute atomic E-state index is 0.342. The van der Waals surface area contributed by atoms with Crippen LogP contribution in [0.1, 0.15) is 17.0 Å². The number of ether oxygens (including phenoxy) is 1. The summed E-state index contributed by atoms with van der Waals surface area (Å²) >= 11 is 0. The third-order valence-electron chi connectivity index (χ3n) is 3.53. The maximum absolute atomic E-state index is 10.5. The molecule has 0 unspecified atom stereocenters. The second kappa shape index (κ2) is 6.92. The van der Waals surface area contributed by atoms with Crippen LogP contribution in [0, 0.1) is 6.92 Å². The monoisotopic (exact) mass is 307 g/mol. The first-order valence-corrected chi connectivity index (χ1v) is 7.43. The van der Waals surface area contributed by atoms with Gasteiger partial charge in [-0.1, -0.05) is 30.3 Å². The van der Waals surface area contributed by atoms with Crippen LogP contribution in [0.4, 0.5) is 0 Å². The van der Waals surface area contributed by atoms with Crippen LogP contribution in [0.15, 0.2) is 59.0 Å². The predicted molar refractivity (Wildman–Crippen MR) is 87.2 cm³/mol. The van der Waals surface area contributed by atoms with E-state index in [1.165, 1.54) is 0 Å². The fraction of sp³-hybridized carbons (Fsp3) is 0.158. The number of hydrogen-bond acceptors (Lipinski definition) is 4. The number of carbonyl (C=O) groups excluding carboxylic acids is 1. The van der Waals surface area contributed by atoms with Gasteiger partial charge in [0.05, 0.1) is 0 Å². The Bertz CT molecular complexity index is 776. The van der Waals surface area contributed by atoms with Gasteiger partial charge in [-0.15, -0.1) is 0 Å². The summed E-state index contributed by atoms with van der Waals surface area (Å²) in [6.07, 6.45) is 1.31. The van der Waals surface area contributed by atoms with Gasteiger partial charge in [-0.3, -0.25) is 0 Å². The van der Waals surface area contributed by atoms with Crippen molar-refractivity contribution in [2.45, 2.75) is 20.0 Å². The standard InChI is InChI=1S/C19H17NO3/c1-14-18(20-19(23-14)16-5-3-2-4-6-16)13-22-17-9-7-15(8-10-17)11-12-21/h2-10,12H,11,13H2,1H3. The summed E-state index contributed by atoms with van der Waals surface area (Å²) in [7, 11) is 0. The van der Waals surface area contributed by atoms with Crippen LogP contribution in [-0.2, 0) is 17.8 Å². The first-order valence-electron chi connectivity index (χ1n) is 7.43. The molecule has 2 aromatic carbocycles. The quantitative estimate of drug-likeness (QED) is 0.647. The molecule has 0 radical (unpaired) electrons. The van der Waals surface area contributed by atoms with Gasteiger partial charge in [-0.2, -0.15) is 0 Å². The van der Waals surface area contributed by atoms with Gasteiger partial charge in [0.1, 0.15) is 30.1 Å².